The van der Waals surface area contributed by atoms with Crippen LogP contribution >= 0.6 is 0 Å². The van der Waals surface area contributed by atoms with Crippen molar-refractivity contribution in [3.63, 3.8) is 0 Å². The molecule has 1 heterocycles. The van der Waals surface area contributed by atoms with E-state index in [1.165, 1.54) is 38.8 Å². The van der Waals surface area contributed by atoms with Gasteiger partial charge in [-0.3, -0.25) is 4.90 Å². The number of allylic oxidation sites excluding steroid dienone is 1. The van der Waals surface area contributed by atoms with Gasteiger partial charge >= 0.3 is 0 Å². The van der Waals surface area contributed by atoms with Gasteiger partial charge in [0.25, 0.3) is 0 Å². The lowest BCUT2D eigenvalue weighted by Crippen LogP contribution is -2.46. The Bertz CT molecular complexity index is 197. The predicted octanol–water partition coefficient (Wildman–Crippen LogP) is 2.04. The molecule has 17 heavy (non-hydrogen) atoms. The Balaban J connectivity index is 2.19. The highest BCUT2D eigenvalue weighted by atomic mass is 16.5. The molecule has 100 valence electrons. The number of methoxy groups -OCH3 is 1. The van der Waals surface area contributed by atoms with E-state index in [0.717, 1.165) is 32.2 Å². The van der Waals surface area contributed by atoms with E-state index in [4.69, 9.17) is 4.74 Å². The SMILES string of the molecule is C=CCCCN1CCCCC1CNCCOC. The van der Waals surface area contributed by atoms with Crippen molar-refractivity contribution in [2.24, 2.45) is 0 Å². The molecule has 1 rings (SSSR count). The summed E-state index contributed by atoms with van der Waals surface area (Å²) in [5.74, 6) is 0. The molecule has 1 fully saturated rings. The molecule has 3 heteroatoms. The van der Waals surface area contributed by atoms with Crippen molar-refractivity contribution in [3.05, 3.63) is 12.7 Å². The number of hydrogen-bond donors (Lipinski definition) is 1. The molecule has 0 saturated carbocycles. The summed E-state index contributed by atoms with van der Waals surface area (Å²) < 4.78 is 5.05. The molecule has 1 N–H and O–H groups in total. The lowest BCUT2D eigenvalue weighted by atomic mass is 10.0. The van der Waals surface area contributed by atoms with Crippen molar-refractivity contribution in [3.8, 4) is 0 Å². The third-order valence-corrected chi connectivity index (χ3v) is 3.47. The van der Waals surface area contributed by atoms with Crippen molar-refractivity contribution in [1.82, 2.24) is 10.2 Å². The highest BCUT2D eigenvalue weighted by molar-refractivity contribution is 4.79. The van der Waals surface area contributed by atoms with E-state index in [1.54, 1.807) is 7.11 Å². The molecule has 3 nitrogen and oxygen atoms in total. The first kappa shape index (κ1) is 14.7. The fourth-order valence-electron chi connectivity index (χ4n) is 2.47. The van der Waals surface area contributed by atoms with Gasteiger partial charge in [0.15, 0.2) is 0 Å². The summed E-state index contributed by atoms with van der Waals surface area (Å²) in [5.41, 5.74) is 0. The summed E-state index contributed by atoms with van der Waals surface area (Å²) in [6, 6.07) is 0.727. The van der Waals surface area contributed by atoms with E-state index in [1.807, 2.05) is 6.08 Å². The number of ether oxygens (including phenoxy) is 1. The highest BCUT2D eigenvalue weighted by Gasteiger charge is 2.20. The molecule has 1 saturated heterocycles. The van der Waals surface area contributed by atoms with E-state index in [9.17, 15) is 0 Å². The van der Waals surface area contributed by atoms with Crippen molar-refractivity contribution >= 4 is 0 Å². The summed E-state index contributed by atoms with van der Waals surface area (Å²) in [6.45, 7) is 9.17. The van der Waals surface area contributed by atoms with Crippen molar-refractivity contribution in [1.29, 1.82) is 0 Å². The van der Waals surface area contributed by atoms with E-state index >= 15 is 0 Å². The van der Waals surface area contributed by atoms with Gasteiger partial charge in [-0.05, 0) is 38.8 Å². The number of rotatable bonds is 9. The molecule has 0 spiro atoms. The minimum Gasteiger partial charge on any atom is -0.383 e. The molecule has 0 amide bonds. The van der Waals surface area contributed by atoms with Crippen LogP contribution in [0, 0.1) is 0 Å². The molecule has 0 radical (unpaired) electrons. The Morgan fingerprint density at radius 2 is 2.35 bits per heavy atom. The van der Waals surface area contributed by atoms with E-state index in [-0.39, 0.29) is 0 Å². The van der Waals surface area contributed by atoms with Crippen LogP contribution in [-0.4, -0.2) is 50.8 Å². The number of hydrogen-bond acceptors (Lipinski definition) is 3. The molecule has 0 bridgehead atoms. The minimum absolute atomic E-state index is 0.727. The van der Waals surface area contributed by atoms with Gasteiger partial charge in [-0.25, -0.2) is 0 Å². The van der Waals surface area contributed by atoms with Crippen LogP contribution in [0.2, 0.25) is 0 Å². The van der Waals surface area contributed by atoms with Crippen LogP contribution in [-0.2, 0) is 4.74 Å². The lowest BCUT2D eigenvalue weighted by Gasteiger charge is -2.36. The van der Waals surface area contributed by atoms with E-state index in [2.05, 4.69) is 16.8 Å². The Labute approximate surface area is 106 Å². The summed E-state index contributed by atoms with van der Waals surface area (Å²) in [4.78, 5) is 2.65. The summed E-state index contributed by atoms with van der Waals surface area (Å²) in [5, 5.41) is 3.49. The smallest absolute Gasteiger partial charge is 0.0587 e. The van der Waals surface area contributed by atoms with Crippen molar-refractivity contribution < 1.29 is 4.74 Å². The number of nitrogens with one attached hydrogen (secondary N) is 1. The second-order valence-corrected chi connectivity index (χ2v) is 4.81. The van der Waals surface area contributed by atoms with E-state index in [0.29, 0.717) is 0 Å². The average molecular weight is 240 g/mol. The highest BCUT2D eigenvalue weighted by Crippen LogP contribution is 2.16. The van der Waals surface area contributed by atoms with Crippen molar-refractivity contribution in [2.45, 2.75) is 38.1 Å². The summed E-state index contributed by atoms with van der Waals surface area (Å²) >= 11 is 0. The van der Waals surface area contributed by atoms with Crippen LogP contribution in [0.3, 0.4) is 0 Å². The van der Waals surface area contributed by atoms with Gasteiger partial charge in [0.05, 0.1) is 6.61 Å². The van der Waals surface area contributed by atoms with Crippen LogP contribution in [0.25, 0.3) is 0 Å². The predicted molar refractivity (Wildman–Crippen MR) is 73.4 cm³/mol. The number of nitrogens with zero attached hydrogens (tertiary/aromatic N) is 1. The second-order valence-electron chi connectivity index (χ2n) is 4.81. The Morgan fingerprint density at radius 1 is 1.47 bits per heavy atom. The molecule has 0 aromatic carbocycles. The molecule has 0 aliphatic carbocycles. The summed E-state index contributed by atoms with van der Waals surface area (Å²) in [7, 11) is 1.75. The van der Waals surface area contributed by atoms with Gasteiger partial charge in [0.2, 0.25) is 0 Å². The monoisotopic (exact) mass is 240 g/mol. The fraction of sp³-hybridized carbons (Fsp3) is 0.857. The molecular weight excluding hydrogens is 212 g/mol. The van der Waals surface area contributed by atoms with Crippen LogP contribution < -0.4 is 5.32 Å². The van der Waals surface area contributed by atoms with Crippen LogP contribution in [0.15, 0.2) is 12.7 Å². The molecule has 1 atom stereocenters. The van der Waals surface area contributed by atoms with Gasteiger partial charge < -0.3 is 10.1 Å². The third kappa shape index (κ3) is 6.20. The second kappa shape index (κ2) is 9.63. The van der Waals surface area contributed by atoms with Gasteiger partial charge in [-0.15, -0.1) is 6.58 Å². The zero-order chi connectivity index (χ0) is 12.3. The molecule has 0 aromatic heterocycles. The first-order valence-corrected chi connectivity index (χ1v) is 6.93. The van der Waals surface area contributed by atoms with Crippen LogP contribution in [0.1, 0.15) is 32.1 Å². The maximum Gasteiger partial charge on any atom is 0.0587 e. The lowest BCUT2D eigenvalue weighted by molar-refractivity contribution is 0.139. The maximum atomic E-state index is 5.05. The van der Waals surface area contributed by atoms with Crippen molar-refractivity contribution in [2.75, 3.05) is 39.9 Å². The normalized spacial score (nSPS) is 21.6. The Kier molecular flexibility index (Phi) is 8.32. The minimum atomic E-state index is 0.727. The zero-order valence-electron chi connectivity index (χ0n) is 11.3. The topological polar surface area (TPSA) is 24.5 Å². The van der Waals surface area contributed by atoms with Gasteiger partial charge in [-0.1, -0.05) is 12.5 Å². The van der Waals surface area contributed by atoms with Gasteiger partial charge in [0.1, 0.15) is 0 Å². The molecular formula is C14H28N2O. The number of likely N-dealkylation sites (tertiary alicyclic amines) is 1. The van der Waals surface area contributed by atoms with Crippen LogP contribution in [0.5, 0.6) is 0 Å². The standard InChI is InChI=1S/C14H28N2O/c1-3-4-6-10-16-11-7-5-8-14(16)13-15-9-12-17-2/h3,14-15H,1,4-13H2,2H3. The number of unbranched alkanes of at least 4 members (excludes halogenated alkanes) is 1. The zero-order valence-corrected chi connectivity index (χ0v) is 11.3. The van der Waals surface area contributed by atoms with Crippen LogP contribution in [0.4, 0.5) is 0 Å². The largest absolute Gasteiger partial charge is 0.383 e. The summed E-state index contributed by atoms with van der Waals surface area (Å²) in [6.07, 6.45) is 8.50. The van der Waals surface area contributed by atoms with Gasteiger partial charge in [-0.2, -0.15) is 0 Å². The van der Waals surface area contributed by atoms with Gasteiger partial charge in [0, 0.05) is 26.2 Å². The van der Waals surface area contributed by atoms with E-state index < -0.39 is 0 Å². The average Bonchev–Trinajstić information content (AvgIpc) is 2.36. The quantitative estimate of drug-likeness (QED) is 0.493. The first-order chi connectivity index (χ1) is 8.38. The molecule has 0 aromatic rings. The first-order valence-electron chi connectivity index (χ1n) is 6.93. The molecule has 1 unspecified atom stereocenters. The third-order valence-electron chi connectivity index (χ3n) is 3.47. The Hall–Kier alpha value is -0.380. The molecule has 1 aliphatic rings. The Morgan fingerprint density at radius 3 is 3.12 bits per heavy atom. The fourth-order valence-corrected chi connectivity index (χ4v) is 2.47. The maximum absolute atomic E-state index is 5.05. The number of piperidine rings is 1. The molecule has 1 aliphatic heterocycles.